The number of aryl methyl sites for hydroxylation is 2. The second-order valence-corrected chi connectivity index (χ2v) is 8.83. The van der Waals surface area contributed by atoms with E-state index in [0.29, 0.717) is 5.92 Å². The highest BCUT2D eigenvalue weighted by Gasteiger charge is 2.26. The minimum atomic E-state index is -0.410. The van der Waals surface area contributed by atoms with E-state index < -0.39 is 5.60 Å². The predicted octanol–water partition coefficient (Wildman–Crippen LogP) is 4.10. The van der Waals surface area contributed by atoms with E-state index in [4.69, 9.17) is 4.74 Å². The molecule has 130 valence electrons. The van der Waals surface area contributed by atoms with Crippen LogP contribution in [-0.4, -0.2) is 36.2 Å². The second kappa shape index (κ2) is 7.67. The number of amides is 1. The van der Waals surface area contributed by atoms with E-state index in [9.17, 15) is 4.79 Å². The van der Waals surface area contributed by atoms with Crippen LogP contribution in [0.2, 0.25) is 0 Å². The molecule has 0 spiro atoms. The van der Waals surface area contributed by atoms with Gasteiger partial charge in [0.2, 0.25) is 0 Å². The number of hydrogen-bond acceptors (Lipinski definition) is 4. The molecule has 1 saturated heterocycles. The van der Waals surface area contributed by atoms with Gasteiger partial charge in [0.05, 0.1) is 0 Å². The number of hydrogen-bond donors (Lipinski definition) is 1. The summed E-state index contributed by atoms with van der Waals surface area (Å²) in [4.78, 5) is 16.7. The molecule has 1 aliphatic heterocycles. The molecule has 0 saturated carbocycles. The molecule has 5 heteroatoms. The Hall–Kier alpha value is -1.07. The maximum absolute atomic E-state index is 12.0. The first-order valence-electron chi connectivity index (χ1n) is 8.49. The molecule has 0 radical (unpaired) electrons. The van der Waals surface area contributed by atoms with Crippen LogP contribution < -0.4 is 5.32 Å². The summed E-state index contributed by atoms with van der Waals surface area (Å²) in [7, 11) is 0. The van der Waals surface area contributed by atoms with Crippen molar-refractivity contribution in [2.45, 2.75) is 59.6 Å². The third-order valence-electron chi connectivity index (χ3n) is 4.22. The summed E-state index contributed by atoms with van der Waals surface area (Å²) in [6.45, 7) is 13.7. The summed E-state index contributed by atoms with van der Waals surface area (Å²) < 4.78 is 5.44. The lowest BCUT2D eigenvalue weighted by Gasteiger charge is -2.33. The van der Waals surface area contributed by atoms with Crippen molar-refractivity contribution >= 4 is 17.4 Å². The van der Waals surface area contributed by atoms with Crippen LogP contribution in [-0.2, 0) is 11.3 Å². The standard InChI is InChI=1S/C18H30N2O2S/c1-13-10-16(23-14(13)2)12-19-11-15-6-8-20(9-7-15)17(21)22-18(3,4)5/h10,15,19H,6-9,11-12H2,1-5H3. The summed E-state index contributed by atoms with van der Waals surface area (Å²) in [5.74, 6) is 0.649. The Balaban J connectivity index is 1.67. The van der Waals surface area contributed by atoms with Gasteiger partial charge in [0.1, 0.15) is 5.60 Å². The van der Waals surface area contributed by atoms with Gasteiger partial charge in [-0.3, -0.25) is 0 Å². The van der Waals surface area contributed by atoms with Gasteiger partial charge in [-0.1, -0.05) is 0 Å². The molecule has 4 nitrogen and oxygen atoms in total. The third-order valence-corrected chi connectivity index (χ3v) is 5.37. The van der Waals surface area contributed by atoms with Crippen LogP contribution in [0.5, 0.6) is 0 Å². The minimum Gasteiger partial charge on any atom is -0.444 e. The van der Waals surface area contributed by atoms with Gasteiger partial charge in [-0.25, -0.2) is 4.79 Å². The molecule has 23 heavy (non-hydrogen) atoms. The fourth-order valence-electron chi connectivity index (χ4n) is 2.78. The monoisotopic (exact) mass is 338 g/mol. The number of likely N-dealkylation sites (tertiary alicyclic amines) is 1. The highest BCUT2D eigenvalue weighted by molar-refractivity contribution is 7.12. The first kappa shape index (κ1) is 18.3. The van der Waals surface area contributed by atoms with Crippen LogP contribution in [0.25, 0.3) is 0 Å². The molecule has 0 aliphatic carbocycles. The Kier molecular flexibility index (Phi) is 6.09. The first-order valence-corrected chi connectivity index (χ1v) is 9.31. The van der Waals surface area contributed by atoms with E-state index in [2.05, 4.69) is 25.2 Å². The number of rotatable bonds is 4. The van der Waals surface area contributed by atoms with Crippen LogP contribution in [0.1, 0.15) is 48.9 Å². The predicted molar refractivity (Wildman–Crippen MR) is 96.0 cm³/mol. The van der Waals surface area contributed by atoms with E-state index in [1.165, 1.54) is 15.3 Å². The zero-order valence-electron chi connectivity index (χ0n) is 15.1. The molecular weight excluding hydrogens is 308 g/mol. The molecule has 1 N–H and O–H groups in total. The van der Waals surface area contributed by atoms with Crippen LogP contribution in [0.15, 0.2) is 6.07 Å². The minimum absolute atomic E-state index is 0.173. The molecule has 1 fully saturated rings. The molecule has 0 unspecified atom stereocenters. The Bertz CT molecular complexity index is 506. The highest BCUT2D eigenvalue weighted by atomic mass is 32.1. The van der Waals surface area contributed by atoms with Crippen molar-refractivity contribution in [2.75, 3.05) is 19.6 Å². The van der Waals surface area contributed by atoms with Crippen molar-refractivity contribution in [3.8, 4) is 0 Å². The number of thiophene rings is 1. The summed E-state index contributed by atoms with van der Waals surface area (Å²) >= 11 is 1.88. The maximum atomic E-state index is 12.0. The number of ether oxygens (including phenoxy) is 1. The summed E-state index contributed by atoms with van der Waals surface area (Å²) in [5.41, 5.74) is 0.976. The summed E-state index contributed by atoms with van der Waals surface area (Å²) in [6, 6.07) is 2.28. The SMILES string of the molecule is Cc1cc(CNCC2CCN(C(=O)OC(C)(C)C)CC2)sc1C. The number of piperidine rings is 1. The quantitative estimate of drug-likeness (QED) is 0.898. The zero-order chi connectivity index (χ0) is 17.0. The highest BCUT2D eigenvalue weighted by Crippen LogP contribution is 2.22. The average Bonchev–Trinajstić information content (AvgIpc) is 2.76. The number of carbonyl (C=O) groups is 1. The summed E-state index contributed by atoms with van der Waals surface area (Å²) in [5, 5.41) is 3.57. The van der Waals surface area contributed by atoms with Gasteiger partial charge in [-0.15, -0.1) is 11.3 Å². The van der Waals surface area contributed by atoms with E-state index >= 15 is 0 Å². The lowest BCUT2D eigenvalue weighted by molar-refractivity contribution is 0.0184. The molecule has 0 bridgehead atoms. The Labute approximate surface area is 144 Å². The Morgan fingerprint density at radius 1 is 1.35 bits per heavy atom. The van der Waals surface area contributed by atoms with Crippen LogP contribution in [0.3, 0.4) is 0 Å². The van der Waals surface area contributed by atoms with Crippen molar-refractivity contribution < 1.29 is 9.53 Å². The number of nitrogens with zero attached hydrogens (tertiary/aromatic N) is 1. The molecule has 1 amide bonds. The van der Waals surface area contributed by atoms with Crippen molar-refractivity contribution in [3.63, 3.8) is 0 Å². The second-order valence-electron chi connectivity index (χ2n) is 7.49. The lowest BCUT2D eigenvalue weighted by Crippen LogP contribution is -2.43. The van der Waals surface area contributed by atoms with Gasteiger partial charge in [-0.05, 0) is 71.6 Å². The van der Waals surface area contributed by atoms with E-state index in [1.54, 1.807) is 0 Å². The van der Waals surface area contributed by atoms with Crippen molar-refractivity contribution in [1.82, 2.24) is 10.2 Å². The zero-order valence-corrected chi connectivity index (χ0v) is 15.9. The van der Waals surface area contributed by atoms with Crippen LogP contribution in [0.4, 0.5) is 4.79 Å². The maximum Gasteiger partial charge on any atom is 0.410 e. The summed E-state index contributed by atoms with van der Waals surface area (Å²) in [6.07, 6.45) is 1.93. The van der Waals surface area contributed by atoms with Crippen LogP contribution >= 0.6 is 11.3 Å². The molecular formula is C18H30N2O2S. The van der Waals surface area contributed by atoms with Crippen molar-refractivity contribution in [1.29, 1.82) is 0 Å². The third kappa shape index (κ3) is 5.81. The molecule has 0 aromatic carbocycles. The molecule has 1 aliphatic rings. The largest absolute Gasteiger partial charge is 0.444 e. The topological polar surface area (TPSA) is 41.6 Å². The normalized spacial score (nSPS) is 16.7. The van der Waals surface area contributed by atoms with Gasteiger partial charge < -0.3 is 15.0 Å². The number of carbonyl (C=O) groups excluding carboxylic acids is 1. The van der Waals surface area contributed by atoms with Crippen molar-refractivity contribution in [2.24, 2.45) is 5.92 Å². The number of nitrogens with one attached hydrogen (secondary N) is 1. The van der Waals surface area contributed by atoms with E-state index in [0.717, 1.165) is 39.0 Å². The first-order chi connectivity index (χ1) is 10.7. The molecule has 2 heterocycles. The smallest absolute Gasteiger partial charge is 0.410 e. The molecule has 0 atom stereocenters. The molecule has 1 aromatic rings. The van der Waals surface area contributed by atoms with Crippen LogP contribution in [0, 0.1) is 19.8 Å². The van der Waals surface area contributed by atoms with Crippen molar-refractivity contribution in [3.05, 3.63) is 21.4 Å². The van der Waals surface area contributed by atoms with Gasteiger partial charge in [-0.2, -0.15) is 0 Å². The van der Waals surface area contributed by atoms with Gasteiger partial charge >= 0.3 is 6.09 Å². The van der Waals surface area contributed by atoms with Gasteiger partial charge in [0.15, 0.2) is 0 Å². The van der Waals surface area contributed by atoms with Gasteiger partial charge in [0, 0.05) is 29.4 Å². The van der Waals surface area contributed by atoms with E-state index in [1.807, 2.05) is 37.0 Å². The molecule has 1 aromatic heterocycles. The average molecular weight is 339 g/mol. The Morgan fingerprint density at radius 3 is 2.52 bits per heavy atom. The molecule has 2 rings (SSSR count). The fraction of sp³-hybridized carbons (Fsp3) is 0.722. The lowest BCUT2D eigenvalue weighted by atomic mass is 9.97. The fourth-order valence-corrected chi connectivity index (χ4v) is 3.81. The Morgan fingerprint density at radius 2 is 2.00 bits per heavy atom. The van der Waals surface area contributed by atoms with E-state index in [-0.39, 0.29) is 6.09 Å². The van der Waals surface area contributed by atoms with Gasteiger partial charge in [0.25, 0.3) is 0 Å².